The fraction of sp³-hybridized carbons (Fsp3) is 0.381. The van der Waals surface area contributed by atoms with E-state index in [-0.39, 0.29) is 0 Å². The first-order valence-electron chi connectivity index (χ1n) is 9.72. The lowest BCUT2D eigenvalue weighted by molar-refractivity contribution is 0.0501. The molecule has 1 aliphatic heterocycles. The summed E-state index contributed by atoms with van der Waals surface area (Å²) in [5, 5.41) is 0. The van der Waals surface area contributed by atoms with Crippen LogP contribution in [0.25, 0.3) is 0 Å². The van der Waals surface area contributed by atoms with E-state index < -0.39 is 35.6 Å². The van der Waals surface area contributed by atoms with E-state index in [2.05, 4.69) is 0 Å². The number of furan rings is 1. The van der Waals surface area contributed by atoms with Crippen molar-refractivity contribution in [1.82, 2.24) is 13.7 Å². The first-order valence-corrected chi connectivity index (χ1v) is 9.72. The molecule has 0 aliphatic carbocycles. The average Bonchev–Trinajstić information content (AvgIpc) is 3.47. The average molecular weight is 415 g/mol. The summed E-state index contributed by atoms with van der Waals surface area (Å²) < 4.78 is 28.6. The molecule has 0 unspecified atom stereocenters. The van der Waals surface area contributed by atoms with Crippen molar-refractivity contribution in [2.24, 2.45) is 0 Å². The highest BCUT2D eigenvalue weighted by Crippen LogP contribution is 2.21. The Bertz CT molecular complexity index is 1200. The lowest BCUT2D eigenvalue weighted by atomic mass is 10.1. The van der Waals surface area contributed by atoms with Gasteiger partial charge >= 0.3 is 5.69 Å². The SMILES string of the molecule is Cc1cc(C(=O)Cn2c(=O)c(F)cn([C@@H]3CCCO3)c2=O)c(C)n1Cc1ccco1. The molecule has 1 fully saturated rings. The van der Waals surface area contributed by atoms with E-state index in [1.165, 1.54) is 0 Å². The van der Waals surface area contributed by atoms with Gasteiger partial charge in [0.2, 0.25) is 5.82 Å². The molecule has 9 heteroatoms. The Morgan fingerprint density at radius 1 is 1.27 bits per heavy atom. The maximum Gasteiger partial charge on any atom is 0.333 e. The second kappa shape index (κ2) is 7.91. The predicted molar refractivity (Wildman–Crippen MR) is 105 cm³/mol. The van der Waals surface area contributed by atoms with Crippen molar-refractivity contribution in [2.75, 3.05) is 6.61 Å². The zero-order chi connectivity index (χ0) is 21.4. The third-order valence-corrected chi connectivity index (χ3v) is 5.44. The standard InChI is InChI=1S/C21H22FN3O5/c1-13-9-16(14(2)23(13)10-15-5-3-7-29-15)18(26)12-25-20(27)17(22)11-24(21(25)28)19-6-4-8-30-19/h3,5,7,9,11,19H,4,6,8,10,12H2,1-2H3/t19-/m0/s1. The highest BCUT2D eigenvalue weighted by atomic mass is 19.1. The maximum atomic E-state index is 14.2. The lowest BCUT2D eigenvalue weighted by Gasteiger charge is -2.15. The first kappa shape index (κ1) is 20.1. The largest absolute Gasteiger partial charge is 0.467 e. The number of Topliss-reactive ketones (excluding diaryl/α,β-unsaturated/α-hetero) is 1. The summed E-state index contributed by atoms with van der Waals surface area (Å²) >= 11 is 0. The fourth-order valence-corrected chi connectivity index (χ4v) is 3.83. The van der Waals surface area contributed by atoms with E-state index in [1.807, 2.05) is 17.6 Å². The van der Waals surface area contributed by atoms with Crippen LogP contribution >= 0.6 is 0 Å². The number of carbonyl (C=O) groups is 1. The summed E-state index contributed by atoms with van der Waals surface area (Å²) in [6.45, 7) is 3.99. The maximum absolute atomic E-state index is 14.2. The van der Waals surface area contributed by atoms with Crippen molar-refractivity contribution in [3.8, 4) is 0 Å². The predicted octanol–water partition coefficient (Wildman–Crippen LogP) is 2.40. The van der Waals surface area contributed by atoms with Crippen LogP contribution in [0.5, 0.6) is 0 Å². The second-order valence-corrected chi connectivity index (χ2v) is 7.40. The Labute approximate surface area is 171 Å². The highest BCUT2D eigenvalue weighted by Gasteiger charge is 2.24. The lowest BCUT2D eigenvalue weighted by Crippen LogP contribution is -2.43. The number of ketones is 1. The molecule has 1 saturated heterocycles. The highest BCUT2D eigenvalue weighted by molar-refractivity contribution is 5.97. The molecule has 3 aromatic heterocycles. The third kappa shape index (κ3) is 3.56. The van der Waals surface area contributed by atoms with Gasteiger partial charge in [0.1, 0.15) is 12.0 Å². The van der Waals surface area contributed by atoms with Gasteiger partial charge in [-0.15, -0.1) is 0 Å². The molecule has 1 atom stereocenters. The number of ether oxygens (including phenoxy) is 1. The summed E-state index contributed by atoms with van der Waals surface area (Å²) in [6.07, 6.45) is 3.08. The van der Waals surface area contributed by atoms with Gasteiger partial charge in [0.05, 0.1) is 25.5 Å². The zero-order valence-electron chi connectivity index (χ0n) is 16.8. The van der Waals surface area contributed by atoms with Gasteiger partial charge in [-0.25, -0.2) is 9.36 Å². The Hall–Kier alpha value is -3.20. The van der Waals surface area contributed by atoms with Crippen molar-refractivity contribution in [2.45, 2.75) is 46.0 Å². The van der Waals surface area contributed by atoms with E-state index in [9.17, 15) is 18.8 Å². The summed E-state index contributed by atoms with van der Waals surface area (Å²) in [7, 11) is 0. The van der Waals surface area contributed by atoms with Gasteiger partial charge in [0.15, 0.2) is 5.78 Å². The van der Waals surface area contributed by atoms with Gasteiger partial charge in [-0.1, -0.05) is 0 Å². The quantitative estimate of drug-likeness (QED) is 0.577. The Morgan fingerprint density at radius 3 is 2.73 bits per heavy atom. The van der Waals surface area contributed by atoms with Crippen LogP contribution in [0.3, 0.4) is 0 Å². The van der Waals surface area contributed by atoms with Crippen LogP contribution in [-0.4, -0.2) is 26.1 Å². The number of aromatic nitrogens is 3. The summed E-state index contributed by atoms with van der Waals surface area (Å²) in [5.41, 5.74) is 0.00438. The van der Waals surface area contributed by atoms with Crippen LogP contribution in [0.4, 0.5) is 4.39 Å². The minimum absolute atomic E-state index is 0.373. The van der Waals surface area contributed by atoms with Crippen LogP contribution in [0.2, 0.25) is 0 Å². The monoisotopic (exact) mass is 415 g/mol. The number of aryl methyl sites for hydroxylation is 1. The summed E-state index contributed by atoms with van der Waals surface area (Å²) in [5.74, 6) is -0.810. The van der Waals surface area contributed by atoms with Crippen LogP contribution in [0.1, 0.15) is 46.6 Å². The molecule has 0 N–H and O–H groups in total. The van der Waals surface area contributed by atoms with Crippen molar-refractivity contribution >= 4 is 5.78 Å². The van der Waals surface area contributed by atoms with Crippen LogP contribution in [0, 0.1) is 19.7 Å². The number of halogens is 1. The number of rotatable bonds is 6. The van der Waals surface area contributed by atoms with E-state index >= 15 is 0 Å². The Morgan fingerprint density at radius 2 is 2.07 bits per heavy atom. The van der Waals surface area contributed by atoms with Crippen LogP contribution in [0.15, 0.2) is 44.7 Å². The molecule has 3 aromatic rings. The van der Waals surface area contributed by atoms with Gasteiger partial charge in [-0.3, -0.25) is 14.2 Å². The summed E-state index contributed by atoms with van der Waals surface area (Å²) in [6, 6.07) is 5.31. The number of hydrogen-bond acceptors (Lipinski definition) is 5. The molecule has 0 radical (unpaired) electrons. The topological polar surface area (TPSA) is 88.4 Å². The van der Waals surface area contributed by atoms with E-state index in [1.54, 1.807) is 25.3 Å². The van der Waals surface area contributed by atoms with Gasteiger partial charge in [-0.2, -0.15) is 4.39 Å². The van der Waals surface area contributed by atoms with E-state index in [0.717, 1.165) is 28.6 Å². The van der Waals surface area contributed by atoms with Crippen LogP contribution in [-0.2, 0) is 17.8 Å². The normalized spacial score (nSPS) is 16.3. The van der Waals surface area contributed by atoms with Gasteiger partial charge in [0, 0.05) is 23.6 Å². The molecule has 0 aromatic carbocycles. The van der Waals surface area contributed by atoms with Gasteiger partial charge in [0.25, 0.3) is 5.56 Å². The molecule has 0 saturated carbocycles. The fourth-order valence-electron chi connectivity index (χ4n) is 3.83. The number of carbonyl (C=O) groups excluding carboxylic acids is 1. The second-order valence-electron chi connectivity index (χ2n) is 7.40. The Kier molecular flexibility index (Phi) is 5.29. The minimum Gasteiger partial charge on any atom is -0.467 e. The smallest absolute Gasteiger partial charge is 0.333 e. The molecule has 1 aliphatic rings. The number of hydrogen-bond donors (Lipinski definition) is 0. The van der Waals surface area contributed by atoms with E-state index in [4.69, 9.17) is 9.15 Å². The van der Waals surface area contributed by atoms with Crippen molar-refractivity contribution in [3.63, 3.8) is 0 Å². The van der Waals surface area contributed by atoms with Crippen molar-refractivity contribution in [1.29, 1.82) is 0 Å². The molecule has 4 rings (SSSR count). The molecule has 8 nitrogen and oxygen atoms in total. The van der Waals surface area contributed by atoms with Crippen molar-refractivity contribution in [3.05, 3.63) is 80.0 Å². The minimum atomic E-state index is -1.12. The molecule has 30 heavy (non-hydrogen) atoms. The molecule has 4 heterocycles. The van der Waals surface area contributed by atoms with E-state index in [0.29, 0.717) is 35.4 Å². The third-order valence-electron chi connectivity index (χ3n) is 5.44. The zero-order valence-corrected chi connectivity index (χ0v) is 16.8. The molecule has 0 amide bonds. The van der Waals surface area contributed by atoms with Gasteiger partial charge < -0.3 is 13.7 Å². The molecular weight excluding hydrogens is 393 g/mol. The van der Waals surface area contributed by atoms with Gasteiger partial charge in [-0.05, 0) is 44.9 Å². The number of nitrogens with zero attached hydrogens (tertiary/aromatic N) is 3. The van der Waals surface area contributed by atoms with Crippen molar-refractivity contribution < 1.29 is 18.3 Å². The molecule has 0 spiro atoms. The van der Waals surface area contributed by atoms with Crippen LogP contribution < -0.4 is 11.2 Å². The molecule has 158 valence electrons. The Balaban J connectivity index is 1.66. The molecular formula is C21H22FN3O5. The molecule has 0 bridgehead atoms. The first-order chi connectivity index (χ1) is 14.4. The summed E-state index contributed by atoms with van der Waals surface area (Å²) in [4.78, 5) is 38.0.